The Balaban J connectivity index is 2.41. The molecule has 4 nitrogen and oxygen atoms in total. The Morgan fingerprint density at radius 3 is 2.94 bits per heavy atom. The Hall–Kier alpha value is -1.55. The lowest BCUT2D eigenvalue weighted by molar-refractivity contribution is -0.119. The van der Waals surface area contributed by atoms with E-state index in [1.165, 1.54) is 0 Å². The second-order valence-corrected chi connectivity index (χ2v) is 4.64. The molecule has 1 aliphatic heterocycles. The smallest absolute Gasteiger partial charge is 0.243 e. The van der Waals surface area contributed by atoms with Crippen molar-refractivity contribution in [3.05, 3.63) is 23.8 Å². The molecular weight excluding hydrogens is 216 g/mol. The van der Waals surface area contributed by atoms with Gasteiger partial charge in [-0.15, -0.1) is 0 Å². The van der Waals surface area contributed by atoms with Gasteiger partial charge in [0.2, 0.25) is 5.91 Å². The molecule has 0 aromatic heterocycles. The molecule has 4 heteroatoms. The van der Waals surface area contributed by atoms with Crippen LogP contribution in [0.15, 0.2) is 18.2 Å². The average Bonchev–Trinajstić information content (AvgIpc) is 2.26. The van der Waals surface area contributed by atoms with Crippen molar-refractivity contribution in [2.75, 3.05) is 11.4 Å². The van der Waals surface area contributed by atoms with Crippen LogP contribution in [0.5, 0.6) is 5.75 Å². The van der Waals surface area contributed by atoms with Crippen LogP contribution < -0.4 is 15.4 Å². The highest BCUT2D eigenvalue weighted by Crippen LogP contribution is 2.34. The fourth-order valence-electron chi connectivity index (χ4n) is 2.00. The van der Waals surface area contributed by atoms with Crippen molar-refractivity contribution >= 4 is 11.6 Å². The van der Waals surface area contributed by atoms with Crippen molar-refractivity contribution < 1.29 is 9.53 Å². The molecule has 1 amide bonds. The van der Waals surface area contributed by atoms with Crippen LogP contribution in [0.1, 0.15) is 19.4 Å². The number of rotatable bonds is 1. The molecule has 2 N–H and O–H groups in total. The van der Waals surface area contributed by atoms with Gasteiger partial charge in [-0.25, -0.2) is 0 Å². The topological polar surface area (TPSA) is 55.6 Å². The number of ether oxygens (including phenoxy) is 1. The average molecular weight is 234 g/mol. The van der Waals surface area contributed by atoms with Gasteiger partial charge in [0.1, 0.15) is 11.9 Å². The van der Waals surface area contributed by atoms with Crippen LogP contribution in [0, 0.1) is 6.92 Å². The molecule has 0 bridgehead atoms. The largest absolute Gasteiger partial charge is 0.487 e. The molecule has 17 heavy (non-hydrogen) atoms. The number of amides is 1. The number of benzene rings is 1. The van der Waals surface area contributed by atoms with Gasteiger partial charge in [-0.2, -0.15) is 0 Å². The van der Waals surface area contributed by atoms with Gasteiger partial charge in [0.05, 0.1) is 18.3 Å². The summed E-state index contributed by atoms with van der Waals surface area (Å²) in [5, 5.41) is 0. The fraction of sp³-hybridized carbons (Fsp3) is 0.462. The standard InChI is InChI=1S/C13H18N2O2/c1-8-4-5-11-12(6-8)17-9(2)7-15(11)13(16)10(3)14/h4-6,9-10H,7,14H2,1-3H3/t9?,10-/m1/s1. The van der Waals surface area contributed by atoms with E-state index in [1.54, 1.807) is 11.8 Å². The minimum atomic E-state index is -0.491. The number of carbonyl (C=O) groups is 1. The van der Waals surface area contributed by atoms with Crippen molar-refractivity contribution in [3.8, 4) is 5.75 Å². The van der Waals surface area contributed by atoms with Gasteiger partial charge in [-0.05, 0) is 38.5 Å². The molecular formula is C13H18N2O2. The first kappa shape index (κ1) is 11.9. The van der Waals surface area contributed by atoms with Crippen LogP contribution in [-0.4, -0.2) is 24.6 Å². The number of hydrogen-bond donors (Lipinski definition) is 1. The summed E-state index contributed by atoms with van der Waals surface area (Å²) in [6, 6.07) is 5.34. The van der Waals surface area contributed by atoms with E-state index in [0.29, 0.717) is 6.54 Å². The molecule has 1 unspecified atom stereocenters. The molecule has 1 aromatic rings. The van der Waals surface area contributed by atoms with E-state index in [0.717, 1.165) is 17.0 Å². The number of nitrogens with zero attached hydrogens (tertiary/aromatic N) is 1. The molecule has 1 aliphatic rings. The number of carbonyl (C=O) groups excluding carboxylic acids is 1. The summed E-state index contributed by atoms with van der Waals surface area (Å²) in [6.45, 7) is 6.21. The second kappa shape index (κ2) is 4.37. The Morgan fingerprint density at radius 2 is 2.29 bits per heavy atom. The van der Waals surface area contributed by atoms with Crippen LogP contribution >= 0.6 is 0 Å². The number of fused-ring (bicyclic) bond motifs is 1. The summed E-state index contributed by atoms with van der Waals surface area (Å²) < 4.78 is 5.74. The zero-order valence-electron chi connectivity index (χ0n) is 10.4. The first-order valence-corrected chi connectivity index (χ1v) is 5.83. The van der Waals surface area contributed by atoms with Crippen LogP contribution in [0.4, 0.5) is 5.69 Å². The van der Waals surface area contributed by atoms with E-state index in [2.05, 4.69) is 0 Å². The first-order chi connectivity index (χ1) is 7.99. The van der Waals surface area contributed by atoms with E-state index in [-0.39, 0.29) is 12.0 Å². The lowest BCUT2D eigenvalue weighted by Crippen LogP contribution is -2.48. The van der Waals surface area contributed by atoms with E-state index in [1.807, 2.05) is 32.0 Å². The highest BCUT2D eigenvalue weighted by atomic mass is 16.5. The number of aryl methyl sites for hydroxylation is 1. The summed E-state index contributed by atoms with van der Waals surface area (Å²) in [7, 11) is 0. The monoisotopic (exact) mass is 234 g/mol. The van der Waals surface area contributed by atoms with Gasteiger partial charge in [-0.1, -0.05) is 6.07 Å². The van der Waals surface area contributed by atoms with E-state index in [9.17, 15) is 4.79 Å². The second-order valence-electron chi connectivity index (χ2n) is 4.64. The fourth-order valence-corrected chi connectivity index (χ4v) is 2.00. The number of anilines is 1. The zero-order valence-corrected chi connectivity index (χ0v) is 10.4. The molecule has 92 valence electrons. The zero-order chi connectivity index (χ0) is 12.6. The van der Waals surface area contributed by atoms with Gasteiger partial charge >= 0.3 is 0 Å². The minimum Gasteiger partial charge on any atom is -0.487 e. The summed E-state index contributed by atoms with van der Waals surface area (Å²) in [5.74, 6) is 0.697. The third-order valence-corrected chi connectivity index (χ3v) is 2.83. The van der Waals surface area contributed by atoms with Crippen molar-refractivity contribution in [1.82, 2.24) is 0 Å². The van der Waals surface area contributed by atoms with Gasteiger partial charge in [0, 0.05) is 0 Å². The summed E-state index contributed by atoms with van der Waals surface area (Å²) in [4.78, 5) is 13.8. The van der Waals surface area contributed by atoms with Crippen molar-refractivity contribution in [3.63, 3.8) is 0 Å². The Bertz CT molecular complexity index is 443. The minimum absolute atomic E-state index is 0.00741. The third-order valence-electron chi connectivity index (χ3n) is 2.83. The predicted molar refractivity (Wildman–Crippen MR) is 67.3 cm³/mol. The molecule has 1 heterocycles. The normalized spacial score (nSPS) is 20.5. The van der Waals surface area contributed by atoms with Crippen molar-refractivity contribution in [1.29, 1.82) is 0 Å². The highest BCUT2D eigenvalue weighted by molar-refractivity contribution is 5.98. The van der Waals surface area contributed by atoms with E-state index >= 15 is 0 Å². The first-order valence-electron chi connectivity index (χ1n) is 5.83. The molecule has 0 aliphatic carbocycles. The molecule has 0 radical (unpaired) electrons. The SMILES string of the molecule is Cc1ccc2c(c1)OC(C)CN2C(=O)[C@@H](C)N. The van der Waals surface area contributed by atoms with Crippen LogP contribution in [0.25, 0.3) is 0 Å². The highest BCUT2D eigenvalue weighted by Gasteiger charge is 2.28. The van der Waals surface area contributed by atoms with Crippen LogP contribution in [0.3, 0.4) is 0 Å². The predicted octanol–water partition coefficient (Wildman–Crippen LogP) is 1.46. The maximum absolute atomic E-state index is 12.0. The Labute approximate surface area is 101 Å². The van der Waals surface area contributed by atoms with Gasteiger partial charge < -0.3 is 15.4 Å². The molecule has 0 saturated carbocycles. The summed E-state index contributed by atoms with van der Waals surface area (Å²) in [5.41, 5.74) is 7.60. The molecule has 0 fully saturated rings. The van der Waals surface area contributed by atoms with Crippen molar-refractivity contribution in [2.45, 2.75) is 32.9 Å². The van der Waals surface area contributed by atoms with Gasteiger partial charge in [0.25, 0.3) is 0 Å². The molecule has 0 saturated heterocycles. The molecule has 2 rings (SSSR count). The Kier molecular flexibility index (Phi) is 3.07. The summed E-state index contributed by atoms with van der Waals surface area (Å²) >= 11 is 0. The molecule has 0 spiro atoms. The molecule has 2 atom stereocenters. The summed E-state index contributed by atoms with van der Waals surface area (Å²) in [6.07, 6.45) is -0.00741. The maximum Gasteiger partial charge on any atom is 0.243 e. The lowest BCUT2D eigenvalue weighted by Gasteiger charge is -2.34. The van der Waals surface area contributed by atoms with Gasteiger partial charge in [-0.3, -0.25) is 4.79 Å². The van der Waals surface area contributed by atoms with E-state index in [4.69, 9.17) is 10.5 Å². The Morgan fingerprint density at radius 1 is 1.59 bits per heavy atom. The maximum atomic E-state index is 12.0. The lowest BCUT2D eigenvalue weighted by atomic mass is 10.1. The quantitative estimate of drug-likeness (QED) is 0.800. The van der Waals surface area contributed by atoms with Gasteiger partial charge in [0.15, 0.2) is 0 Å². The van der Waals surface area contributed by atoms with Crippen molar-refractivity contribution in [2.24, 2.45) is 5.73 Å². The molecule has 1 aromatic carbocycles. The number of nitrogens with two attached hydrogens (primary N) is 1. The van der Waals surface area contributed by atoms with Crippen LogP contribution in [-0.2, 0) is 4.79 Å². The number of hydrogen-bond acceptors (Lipinski definition) is 3. The third kappa shape index (κ3) is 2.26. The van der Waals surface area contributed by atoms with E-state index < -0.39 is 6.04 Å². The van der Waals surface area contributed by atoms with Crippen LogP contribution in [0.2, 0.25) is 0 Å².